The van der Waals surface area contributed by atoms with Crippen molar-refractivity contribution < 1.29 is 9.53 Å². The zero-order valence-electron chi connectivity index (χ0n) is 17.4. The van der Waals surface area contributed by atoms with Crippen LogP contribution >= 0.6 is 56.8 Å². The molecule has 0 unspecified atom stereocenters. The standard InChI is InChI=1S/C25H19ClI2N2O2/c1-15-6-8-17(9-7-15)14-32-24-21(27)11-18(12-22(24)28)10-19(13-29)25(31)30-23-5-3-4-20(26)16(23)2/h3-12H,14H2,1-2H3,(H,30,31)/b19-10-. The van der Waals surface area contributed by atoms with Crippen LogP contribution in [-0.2, 0) is 11.4 Å². The number of nitrogens with one attached hydrogen (secondary N) is 1. The Morgan fingerprint density at radius 1 is 1.12 bits per heavy atom. The molecular formula is C25H19ClI2N2O2. The number of anilines is 1. The third kappa shape index (κ3) is 6.24. The first-order valence-electron chi connectivity index (χ1n) is 9.64. The Morgan fingerprint density at radius 2 is 1.78 bits per heavy atom. The molecule has 1 amide bonds. The van der Waals surface area contributed by atoms with Crippen LogP contribution in [0.2, 0.25) is 5.02 Å². The molecule has 0 heterocycles. The molecule has 0 aromatic heterocycles. The van der Waals surface area contributed by atoms with Gasteiger partial charge in [0.25, 0.3) is 5.91 Å². The Labute approximate surface area is 219 Å². The summed E-state index contributed by atoms with van der Waals surface area (Å²) < 4.78 is 7.84. The van der Waals surface area contributed by atoms with Crippen LogP contribution in [0.25, 0.3) is 6.08 Å². The van der Waals surface area contributed by atoms with Crippen molar-refractivity contribution in [2.45, 2.75) is 20.5 Å². The minimum Gasteiger partial charge on any atom is -0.487 e. The second-order valence-corrected chi connectivity index (χ2v) is 9.86. The van der Waals surface area contributed by atoms with Crippen molar-refractivity contribution in [1.82, 2.24) is 0 Å². The fraction of sp³-hybridized carbons (Fsp3) is 0.120. The first-order valence-corrected chi connectivity index (χ1v) is 12.2. The average molecular weight is 669 g/mol. The van der Waals surface area contributed by atoms with Crippen molar-refractivity contribution in [2.75, 3.05) is 5.32 Å². The number of benzene rings is 3. The van der Waals surface area contributed by atoms with Crippen LogP contribution in [0.4, 0.5) is 5.69 Å². The van der Waals surface area contributed by atoms with E-state index in [1.54, 1.807) is 24.3 Å². The quantitative estimate of drug-likeness (QED) is 0.171. The van der Waals surface area contributed by atoms with Crippen LogP contribution in [0.5, 0.6) is 5.75 Å². The maximum Gasteiger partial charge on any atom is 0.266 e. The van der Waals surface area contributed by atoms with Gasteiger partial charge in [0.15, 0.2) is 0 Å². The number of aryl methyl sites for hydroxylation is 1. The molecule has 0 spiro atoms. The van der Waals surface area contributed by atoms with Crippen LogP contribution in [-0.4, -0.2) is 5.91 Å². The van der Waals surface area contributed by atoms with Gasteiger partial charge in [-0.25, -0.2) is 0 Å². The summed E-state index contributed by atoms with van der Waals surface area (Å²) in [5.41, 5.74) is 4.37. The van der Waals surface area contributed by atoms with Crippen molar-refractivity contribution in [3.05, 3.63) is 94.6 Å². The molecule has 4 nitrogen and oxygen atoms in total. The minimum atomic E-state index is -0.484. The second-order valence-electron chi connectivity index (χ2n) is 7.12. The topological polar surface area (TPSA) is 62.1 Å². The van der Waals surface area contributed by atoms with E-state index in [9.17, 15) is 10.1 Å². The highest BCUT2D eigenvalue weighted by molar-refractivity contribution is 14.1. The molecule has 0 saturated carbocycles. The summed E-state index contributed by atoms with van der Waals surface area (Å²) in [5.74, 6) is 0.295. The van der Waals surface area contributed by atoms with E-state index in [1.165, 1.54) is 5.56 Å². The second kappa shape index (κ2) is 11.2. The number of nitriles is 1. The molecule has 0 atom stereocenters. The van der Waals surface area contributed by atoms with E-state index < -0.39 is 5.91 Å². The molecule has 0 aliphatic carbocycles. The summed E-state index contributed by atoms with van der Waals surface area (Å²) in [5, 5.41) is 12.9. The number of carbonyl (C=O) groups excluding carboxylic acids is 1. The normalized spacial score (nSPS) is 11.1. The van der Waals surface area contributed by atoms with E-state index in [0.717, 1.165) is 29.6 Å². The Bertz CT molecular complexity index is 1210. The number of nitrogens with zero attached hydrogens (tertiary/aromatic N) is 1. The predicted molar refractivity (Wildman–Crippen MR) is 146 cm³/mol. The maximum absolute atomic E-state index is 12.7. The van der Waals surface area contributed by atoms with Gasteiger partial charge in [-0.3, -0.25) is 4.79 Å². The van der Waals surface area contributed by atoms with Gasteiger partial charge in [-0.1, -0.05) is 47.5 Å². The maximum atomic E-state index is 12.7. The number of hydrogen-bond acceptors (Lipinski definition) is 3. The molecule has 7 heteroatoms. The smallest absolute Gasteiger partial charge is 0.266 e. The highest BCUT2D eigenvalue weighted by atomic mass is 127. The van der Waals surface area contributed by atoms with Crippen molar-refractivity contribution >= 4 is 74.5 Å². The number of halogens is 3. The van der Waals surface area contributed by atoms with Crippen LogP contribution in [0, 0.1) is 32.3 Å². The molecule has 0 aliphatic heterocycles. The van der Waals surface area contributed by atoms with E-state index in [1.807, 2.05) is 37.3 Å². The highest BCUT2D eigenvalue weighted by Crippen LogP contribution is 2.31. The van der Waals surface area contributed by atoms with Crippen molar-refractivity contribution in [3.63, 3.8) is 0 Å². The molecule has 162 valence electrons. The molecular weight excluding hydrogens is 650 g/mol. The highest BCUT2D eigenvalue weighted by Gasteiger charge is 2.14. The summed E-state index contributed by atoms with van der Waals surface area (Å²) in [6.07, 6.45) is 1.57. The molecule has 0 bridgehead atoms. The third-order valence-corrected chi connectivity index (χ3v) is 6.73. The monoisotopic (exact) mass is 668 g/mol. The molecule has 1 N–H and O–H groups in total. The Morgan fingerprint density at radius 3 is 2.41 bits per heavy atom. The predicted octanol–water partition coefficient (Wildman–Crippen LogP) is 7.29. The van der Waals surface area contributed by atoms with E-state index in [-0.39, 0.29) is 5.57 Å². The minimum absolute atomic E-state index is 0.00398. The molecule has 0 fully saturated rings. The number of amides is 1. The summed E-state index contributed by atoms with van der Waals surface area (Å²) in [6.45, 7) is 4.33. The van der Waals surface area contributed by atoms with Crippen LogP contribution in [0.3, 0.4) is 0 Å². The van der Waals surface area contributed by atoms with Gasteiger partial charge < -0.3 is 10.1 Å². The Kier molecular flexibility index (Phi) is 8.57. The van der Waals surface area contributed by atoms with Gasteiger partial charge in [-0.15, -0.1) is 0 Å². The average Bonchev–Trinajstić information content (AvgIpc) is 2.76. The number of carbonyl (C=O) groups is 1. The fourth-order valence-corrected chi connectivity index (χ4v) is 5.19. The molecule has 3 rings (SSSR count). The van der Waals surface area contributed by atoms with Crippen LogP contribution in [0.1, 0.15) is 22.3 Å². The van der Waals surface area contributed by atoms with Gasteiger partial charge in [-0.05, 0) is 106 Å². The number of ether oxygens (including phenoxy) is 1. The molecule has 32 heavy (non-hydrogen) atoms. The van der Waals surface area contributed by atoms with Crippen molar-refractivity contribution in [3.8, 4) is 11.8 Å². The van der Waals surface area contributed by atoms with Crippen molar-refractivity contribution in [1.29, 1.82) is 5.26 Å². The van der Waals surface area contributed by atoms with Gasteiger partial charge in [0, 0.05) is 10.7 Å². The van der Waals surface area contributed by atoms with Crippen LogP contribution in [0.15, 0.2) is 60.2 Å². The molecule has 0 radical (unpaired) electrons. The van der Waals surface area contributed by atoms with Gasteiger partial charge in [-0.2, -0.15) is 5.26 Å². The molecule has 0 saturated heterocycles. The fourth-order valence-electron chi connectivity index (χ4n) is 2.89. The lowest BCUT2D eigenvalue weighted by Crippen LogP contribution is -2.14. The van der Waals surface area contributed by atoms with Gasteiger partial charge in [0.2, 0.25) is 0 Å². The van der Waals surface area contributed by atoms with E-state index >= 15 is 0 Å². The third-order valence-electron chi connectivity index (χ3n) is 4.72. The summed E-state index contributed by atoms with van der Waals surface area (Å²) in [4.78, 5) is 12.7. The lowest BCUT2D eigenvalue weighted by atomic mass is 10.1. The van der Waals surface area contributed by atoms with Gasteiger partial charge >= 0.3 is 0 Å². The zero-order chi connectivity index (χ0) is 23.3. The van der Waals surface area contributed by atoms with E-state index in [0.29, 0.717) is 17.3 Å². The molecule has 3 aromatic rings. The number of rotatable bonds is 6. The SMILES string of the molecule is Cc1ccc(COc2c(I)cc(/C=C(/C#N)C(=O)Nc3cccc(Cl)c3C)cc2I)cc1. The molecule has 0 aliphatic rings. The summed E-state index contributed by atoms with van der Waals surface area (Å²) in [6, 6.07) is 19.2. The summed E-state index contributed by atoms with van der Waals surface area (Å²) >= 11 is 10.5. The summed E-state index contributed by atoms with van der Waals surface area (Å²) in [7, 11) is 0. The zero-order valence-corrected chi connectivity index (χ0v) is 22.4. The number of hydrogen-bond donors (Lipinski definition) is 1. The Balaban J connectivity index is 1.78. The first kappa shape index (κ1) is 24.6. The Hall–Kier alpha value is -2.09. The van der Waals surface area contributed by atoms with E-state index in [4.69, 9.17) is 16.3 Å². The lowest BCUT2D eigenvalue weighted by Gasteiger charge is -2.12. The lowest BCUT2D eigenvalue weighted by molar-refractivity contribution is -0.112. The van der Waals surface area contributed by atoms with Gasteiger partial charge in [0.1, 0.15) is 24.0 Å². The molecule has 3 aromatic carbocycles. The van der Waals surface area contributed by atoms with Gasteiger partial charge in [0.05, 0.1) is 7.14 Å². The van der Waals surface area contributed by atoms with Crippen molar-refractivity contribution in [2.24, 2.45) is 0 Å². The first-order chi connectivity index (χ1) is 15.3. The largest absolute Gasteiger partial charge is 0.487 e. The van der Waals surface area contributed by atoms with E-state index in [2.05, 4.69) is 69.6 Å². The van der Waals surface area contributed by atoms with Crippen LogP contribution < -0.4 is 10.1 Å².